The minimum absolute atomic E-state index is 0.0124. The molecule has 35 heavy (non-hydrogen) atoms. The standard InChI is InChI=1S/C26H22F3N3O3/c1-35-22-11-10-17-12-18(15-30-20-7-3-2-4-8-20)25(34)32(23(17)14-22)16-24(33)31-21-9-5-6-19(13-21)26(27,28)29/h2-14,30H,15-16H2,1H3,(H,31,33). The van der Waals surface area contributed by atoms with Crippen LogP contribution < -0.4 is 20.9 Å². The average Bonchev–Trinajstić information content (AvgIpc) is 2.84. The van der Waals surface area contributed by atoms with Gasteiger partial charge in [0.25, 0.3) is 5.56 Å². The summed E-state index contributed by atoms with van der Waals surface area (Å²) in [5.74, 6) is -0.136. The van der Waals surface area contributed by atoms with E-state index >= 15 is 0 Å². The maximum absolute atomic E-state index is 13.3. The minimum atomic E-state index is -4.54. The number of rotatable bonds is 7. The van der Waals surface area contributed by atoms with Crippen LogP contribution in [0.25, 0.3) is 10.9 Å². The van der Waals surface area contributed by atoms with Crippen molar-refractivity contribution in [2.24, 2.45) is 0 Å². The molecule has 1 aromatic heterocycles. The molecule has 1 heterocycles. The van der Waals surface area contributed by atoms with E-state index in [-0.39, 0.29) is 12.2 Å². The van der Waals surface area contributed by atoms with Crippen LogP contribution in [0.1, 0.15) is 11.1 Å². The molecule has 0 spiro atoms. The van der Waals surface area contributed by atoms with Gasteiger partial charge in [-0.1, -0.05) is 24.3 Å². The number of halogens is 3. The van der Waals surface area contributed by atoms with E-state index in [4.69, 9.17) is 4.74 Å². The van der Waals surface area contributed by atoms with Crippen LogP contribution in [-0.4, -0.2) is 17.6 Å². The van der Waals surface area contributed by atoms with Gasteiger partial charge < -0.3 is 15.4 Å². The van der Waals surface area contributed by atoms with Gasteiger partial charge in [-0.3, -0.25) is 14.2 Å². The first-order chi connectivity index (χ1) is 16.7. The molecule has 0 aliphatic heterocycles. The van der Waals surface area contributed by atoms with Crippen LogP contribution in [0.4, 0.5) is 24.5 Å². The summed E-state index contributed by atoms with van der Waals surface area (Å²) in [5, 5.41) is 6.35. The first kappa shape index (κ1) is 23.9. The van der Waals surface area contributed by atoms with Gasteiger partial charge in [-0.15, -0.1) is 0 Å². The van der Waals surface area contributed by atoms with E-state index in [9.17, 15) is 22.8 Å². The molecule has 0 fully saturated rings. The molecule has 4 aromatic rings. The summed E-state index contributed by atoms with van der Waals surface area (Å²) in [6, 6.07) is 20.6. The molecule has 1 amide bonds. The Kier molecular flexibility index (Phi) is 6.77. The van der Waals surface area contributed by atoms with E-state index in [2.05, 4.69) is 10.6 Å². The van der Waals surface area contributed by atoms with E-state index in [1.165, 1.54) is 23.8 Å². The first-order valence-corrected chi connectivity index (χ1v) is 10.7. The molecule has 0 radical (unpaired) electrons. The SMILES string of the molecule is COc1ccc2cc(CNc3ccccc3)c(=O)n(CC(=O)Nc3cccc(C(F)(F)F)c3)c2c1. The highest BCUT2D eigenvalue weighted by Gasteiger charge is 2.30. The molecule has 0 atom stereocenters. The van der Waals surface area contributed by atoms with Crippen LogP contribution in [-0.2, 0) is 24.1 Å². The quantitative estimate of drug-likeness (QED) is 0.377. The molecule has 0 aliphatic rings. The normalized spacial score (nSPS) is 11.3. The number of ether oxygens (including phenoxy) is 1. The number of methoxy groups -OCH3 is 1. The third-order valence-electron chi connectivity index (χ3n) is 5.41. The second-order valence-corrected chi connectivity index (χ2v) is 7.83. The lowest BCUT2D eigenvalue weighted by molar-refractivity contribution is -0.137. The van der Waals surface area contributed by atoms with Gasteiger partial charge in [0.1, 0.15) is 12.3 Å². The van der Waals surface area contributed by atoms with Crippen LogP contribution in [0.2, 0.25) is 0 Å². The van der Waals surface area contributed by atoms with Crippen molar-refractivity contribution in [3.63, 3.8) is 0 Å². The van der Waals surface area contributed by atoms with Crippen LogP contribution in [0.15, 0.2) is 83.7 Å². The van der Waals surface area contributed by atoms with Crippen LogP contribution in [0.3, 0.4) is 0 Å². The maximum Gasteiger partial charge on any atom is 0.416 e. The predicted octanol–water partition coefficient (Wildman–Crippen LogP) is 5.28. The number of amides is 1. The molecule has 0 aliphatic carbocycles. The van der Waals surface area contributed by atoms with Crippen LogP contribution in [0.5, 0.6) is 5.75 Å². The fourth-order valence-electron chi connectivity index (χ4n) is 3.69. The van der Waals surface area contributed by atoms with Gasteiger partial charge >= 0.3 is 6.18 Å². The lowest BCUT2D eigenvalue weighted by atomic mass is 10.1. The molecule has 0 saturated carbocycles. The lowest BCUT2D eigenvalue weighted by Crippen LogP contribution is -2.30. The van der Waals surface area contributed by atoms with Gasteiger partial charge in [0.2, 0.25) is 5.91 Å². The number of anilines is 2. The summed E-state index contributed by atoms with van der Waals surface area (Å²) in [5.41, 5.74) is 0.442. The lowest BCUT2D eigenvalue weighted by Gasteiger charge is -2.15. The Morgan fingerprint density at radius 1 is 0.943 bits per heavy atom. The first-order valence-electron chi connectivity index (χ1n) is 10.7. The van der Waals surface area contributed by atoms with Crippen molar-refractivity contribution in [1.29, 1.82) is 0 Å². The summed E-state index contributed by atoms with van der Waals surface area (Å²) in [7, 11) is 1.49. The fourth-order valence-corrected chi connectivity index (χ4v) is 3.69. The number of aromatic nitrogens is 1. The van der Waals surface area contributed by atoms with Crippen molar-refractivity contribution < 1.29 is 22.7 Å². The number of carbonyl (C=O) groups excluding carboxylic acids is 1. The van der Waals surface area contributed by atoms with E-state index in [0.29, 0.717) is 22.2 Å². The molecule has 2 N–H and O–H groups in total. The number of fused-ring (bicyclic) bond motifs is 1. The smallest absolute Gasteiger partial charge is 0.416 e. The third-order valence-corrected chi connectivity index (χ3v) is 5.41. The predicted molar refractivity (Wildman–Crippen MR) is 129 cm³/mol. The Morgan fingerprint density at radius 3 is 2.40 bits per heavy atom. The highest BCUT2D eigenvalue weighted by atomic mass is 19.4. The highest BCUT2D eigenvalue weighted by molar-refractivity contribution is 5.92. The summed E-state index contributed by atoms with van der Waals surface area (Å²) >= 11 is 0. The van der Waals surface area contributed by atoms with Crippen molar-refractivity contribution in [2.45, 2.75) is 19.3 Å². The van der Waals surface area contributed by atoms with E-state index < -0.39 is 29.8 Å². The molecule has 3 aromatic carbocycles. The van der Waals surface area contributed by atoms with Crippen LogP contribution in [0, 0.1) is 0 Å². The van der Waals surface area contributed by atoms with E-state index in [1.807, 2.05) is 30.3 Å². The number of alkyl halides is 3. The molecular formula is C26H22F3N3O3. The summed E-state index contributed by atoms with van der Waals surface area (Å²) < 4.78 is 45.6. The van der Waals surface area contributed by atoms with Gasteiger partial charge in [-0.2, -0.15) is 13.2 Å². The molecule has 0 unspecified atom stereocenters. The Labute approximate surface area is 199 Å². The van der Waals surface area contributed by atoms with Gasteiger partial charge in [-0.25, -0.2) is 0 Å². The Bertz CT molecular complexity index is 1420. The number of para-hydroxylation sites is 1. The van der Waals surface area contributed by atoms with Gasteiger partial charge in [0.05, 0.1) is 18.2 Å². The molecule has 0 bridgehead atoms. The van der Waals surface area contributed by atoms with Crippen molar-refractivity contribution in [1.82, 2.24) is 4.57 Å². The zero-order valence-electron chi connectivity index (χ0n) is 18.7. The fraction of sp³-hybridized carbons (Fsp3) is 0.154. The van der Waals surface area contributed by atoms with Gasteiger partial charge in [0, 0.05) is 29.5 Å². The summed E-state index contributed by atoms with van der Waals surface area (Å²) in [4.78, 5) is 26.1. The summed E-state index contributed by atoms with van der Waals surface area (Å²) in [6.45, 7) is -0.169. The second kappa shape index (κ2) is 9.92. The number of benzene rings is 3. The van der Waals surface area contributed by atoms with Crippen molar-refractivity contribution >= 4 is 28.2 Å². The largest absolute Gasteiger partial charge is 0.497 e. The second-order valence-electron chi connectivity index (χ2n) is 7.83. The molecular weight excluding hydrogens is 459 g/mol. The Morgan fingerprint density at radius 2 is 1.69 bits per heavy atom. The number of carbonyl (C=O) groups is 1. The number of pyridine rings is 1. The Hall–Kier alpha value is -4.27. The molecule has 6 nitrogen and oxygen atoms in total. The van der Waals surface area contributed by atoms with E-state index in [0.717, 1.165) is 17.8 Å². The monoisotopic (exact) mass is 481 g/mol. The average molecular weight is 481 g/mol. The number of nitrogens with zero attached hydrogens (tertiary/aromatic N) is 1. The van der Waals surface area contributed by atoms with Gasteiger partial charge in [0.15, 0.2) is 0 Å². The molecule has 180 valence electrons. The number of hydrogen-bond donors (Lipinski definition) is 2. The summed E-state index contributed by atoms with van der Waals surface area (Å²) in [6.07, 6.45) is -4.54. The number of hydrogen-bond acceptors (Lipinski definition) is 4. The van der Waals surface area contributed by atoms with Gasteiger partial charge in [-0.05, 0) is 53.9 Å². The van der Waals surface area contributed by atoms with Crippen molar-refractivity contribution in [3.8, 4) is 5.75 Å². The molecule has 9 heteroatoms. The topological polar surface area (TPSA) is 72.4 Å². The number of nitrogens with one attached hydrogen (secondary N) is 2. The van der Waals surface area contributed by atoms with E-state index in [1.54, 1.807) is 24.3 Å². The van der Waals surface area contributed by atoms with Crippen molar-refractivity contribution in [2.75, 3.05) is 17.7 Å². The molecule has 4 rings (SSSR count). The highest BCUT2D eigenvalue weighted by Crippen LogP contribution is 2.30. The van der Waals surface area contributed by atoms with Crippen molar-refractivity contribution in [3.05, 3.63) is 100 Å². The maximum atomic E-state index is 13.3. The molecule has 0 saturated heterocycles. The minimum Gasteiger partial charge on any atom is -0.497 e. The zero-order chi connectivity index (χ0) is 25.0. The third kappa shape index (κ3) is 5.63. The zero-order valence-corrected chi connectivity index (χ0v) is 18.7. The Balaban J connectivity index is 1.66. The van der Waals surface area contributed by atoms with Crippen LogP contribution >= 0.6 is 0 Å².